The van der Waals surface area contributed by atoms with Crippen molar-refractivity contribution in [1.82, 2.24) is 35.3 Å². The summed E-state index contributed by atoms with van der Waals surface area (Å²) in [5.74, 6) is 1.37. The second-order valence-electron chi connectivity index (χ2n) is 11.4. The van der Waals surface area contributed by atoms with Crippen molar-refractivity contribution in [3.05, 3.63) is 66.1 Å². The summed E-state index contributed by atoms with van der Waals surface area (Å²) in [6, 6.07) is 15.9. The molecule has 3 heterocycles. The molecule has 0 saturated heterocycles. The van der Waals surface area contributed by atoms with Gasteiger partial charge in [-0.25, -0.2) is 9.67 Å². The summed E-state index contributed by atoms with van der Waals surface area (Å²) in [6.07, 6.45) is 1.14. The van der Waals surface area contributed by atoms with Crippen LogP contribution < -0.4 is 15.4 Å². The van der Waals surface area contributed by atoms with E-state index in [9.17, 15) is 14.4 Å². The van der Waals surface area contributed by atoms with E-state index in [4.69, 9.17) is 14.8 Å². The van der Waals surface area contributed by atoms with Gasteiger partial charge in [0, 0.05) is 36.0 Å². The van der Waals surface area contributed by atoms with Gasteiger partial charge < -0.3 is 25.3 Å². The third-order valence-electron chi connectivity index (χ3n) is 7.60. The van der Waals surface area contributed by atoms with Gasteiger partial charge in [0.15, 0.2) is 5.82 Å². The van der Waals surface area contributed by atoms with E-state index in [-0.39, 0.29) is 30.1 Å². The average Bonchev–Trinajstić information content (AvgIpc) is 3.62. The highest BCUT2D eigenvalue weighted by Gasteiger charge is 2.27. The van der Waals surface area contributed by atoms with Gasteiger partial charge in [-0.05, 0) is 49.9 Å². The minimum Gasteiger partial charge on any atom is -0.497 e. The number of fused-ring (bicyclic) bond motifs is 2. The molecule has 226 valence electrons. The van der Waals surface area contributed by atoms with Crippen LogP contribution >= 0.6 is 0 Å². The molecule has 5 rings (SSSR count). The van der Waals surface area contributed by atoms with E-state index in [2.05, 4.69) is 15.6 Å². The van der Waals surface area contributed by atoms with Crippen molar-refractivity contribution in [2.45, 2.75) is 58.7 Å². The number of methoxy groups -OCH3 is 1. The lowest BCUT2D eigenvalue weighted by atomic mass is 10.0. The van der Waals surface area contributed by atoms with Gasteiger partial charge in [0.25, 0.3) is 5.91 Å². The number of aromatic nitrogens is 4. The summed E-state index contributed by atoms with van der Waals surface area (Å²) in [4.78, 5) is 49.8. The van der Waals surface area contributed by atoms with Crippen LogP contribution in [0, 0.1) is 5.92 Å². The second-order valence-corrected chi connectivity index (χ2v) is 11.4. The summed E-state index contributed by atoms with van der Waals surface area (Å²) in [5, 5.41) is 11.6. The van der Waals surface area contributed by atoms with Crippen LogP contribution in [0.5, 0.6) is 5.75 Å². The van der Waals surface area contributed by atoms with Crippen LogP contribution in [-0.4, -0.2) is 68.6 Å². The Kier molecular flexibility index (Phi) is 9.08. The maximum atomic E-state index is 13.8. The molecule has 1 aliphatic rings. The van der Waals surface area contributed by atoms with Gasteiger partial charge in [-0.2, -0.15) is 5.10 Å². The number of aromatic amines is 1. The first-order valence-corrected chi connectivity index (χ1v) is 14.8. The lowest BCUT2D eigenvalue weighted by molar-refractivity contribution is -0.129. The molecule has 0 bridgehead atoms. The van der Waals surface area contributed by atoms with Crippen LogP contribution in [0.25, 0.3) is 22.3 Å². The number of benzene rings is 2. The molecule has 11 heteroatoms. The van der Waals surface area contributed by atoms with Crippen LogP contribution in [0.15, 0.2) is 54.6 Å². The molecule has 3 amide bonds. The number of H-pyrrole nitrogens is 1. The molecule has 43 heavy (non-hydrogen) atoms. The zero-order valence-corrected chi connectivity index (χ0v) is 25.1. The highest BCUT2D eigenvalue weighted by molar-refractivity contribution is 5.98. The van der Waals surface area contributed by atoms with Crippen molar-refractivity contribution in [1.29, 1.82) is 0 Å². The number of nitrogens with zero attached hydrogens (tertiary/aromatic N) is 4. The monoisotopic (exact) mass is 585 g/mol. The Bertz CT molecular complexity index is 1590. The first-order valence-electron chi connectivity index (χ1n) is 14.8. The molecule has 0 unspecified atom stereocenters. The minimum absolute atomic E-state index is 0.174. The molecule has 2 aromatic heterocycles. The standard InChI is InChI=1S/C32H39N7O4/c1-20(2)17-26-31(41)33-21(3)30-36-29(22-9-6-5-7-10-22)37-39(30)16-15-38(14-8-11-28(40)35-26)32(42)27-19-23-18-24(43-4)12-13-25(23)34-27/h5-7,9-10,12-13,18-21,26,34H,8,11,14-17H2,1-4H3,(H,33,41)(H,35,40)/t21-,26-/m1/s1. The fourth-order valence-electron chi connectivity index (χ4n) is 5.38. The molecule has 0 aliphatic carbocycles. The molecule has 4 aromatic rings. The number of amides is 3. The smallest absolute Gasteiger partial charge is 0.270 e. The Morgan fingerprint density at radius 3 is 2.58 bits per heavy atom. The van der Waals surface area contributed by atoms with Gasteiger partial charge in [0.1, 0.15) is 23.3 Å². The third kappa shape index (κ3) is 7.04. The van der Waals surface area contributed by atoms with Crippen LogP contribution in [0.2, 0.25) is 0 Å². The maximum Gasteiger partial charge on any atom is 0.270 e. The van der Waals surface area contributed by atoms with Gasteiger partial charge in [0.05, 0.1) is 19.7 Å². The van der Waals surface area contributed by atoms with E-state index in [1.165, 1.54) is 0 Å². The molecule has 0 fully saturated rings. The van der Waals surface area contributed by atoms with Crippen LogP contribution in [0.4, 0.5) is 0 Å². The van der Waals surface area contributed by atoms with Gasteiger partial charge >= 0.3 is 0 Å². The number of nitrogens with one attached hydrogen (secondary N) is 3. The lowest BCUT2D eigenvalue weighted by Gasteiger charge is -2.25. The Balaban J connectivity index is 1.47. The summed E-state index contributed by atoms with van der Waals surface area (Å²) in [7, 11) is 1.61. The molecule has 1 aliphatic heterocycles. The van der Waals surface area contributed by atoms with E-state index in [1.54, 1.807) is 16.7 Å². The van der Waals surface area contributed by atoms with E-state index in [0.29, 0.717) is 55.6 Å². The predicted octanol–water partition coefficient (Wildman–Crippen LogP) is 4.08. The second kappa shape index (κ2) is 13.1. The molecule has 2 aromatic carbocycles. The fourth-order valence-corrected chi connectivity index (χ4v) is 5.38. The lowest BCUT2D eigenvalue weighted by Crippen LogP contribution is -2.48. The van der Waals surface area contributed by atoms with Crippen LogP contribution in [-0.2, 0) is 16.1 Å². The van der Waals surface area contributed by atoms with Crippen LogP contribution in [0.3, 0.4) is 0 Å². The van der Waals surface area contributed by atoms with Crippen LogP contribution in [0.1, 0.15) is 62.4 Å². The molecule has 0 radical (unpaired) electrons. The highest BCUT2D eigenvalue weighted by atomic mass is 16.5. The average molecular weight is 586 g/mol. The summed E-state index contributed by atoms with van der Waals surface area (Å²) >= 11 is 0. The SMILES string of the molecule is COc1ccc2[nH]c(C(=O)N3CCCC(=O)N[C@H](CC(C)C)C(=O)N[C@H](C)c4nc(-c5ccccc5)nn4CC3)cc2c1. The van der Waals surface area contributed by atoms with Crippen molar-refractivity contribution in [2.75, 3.05) is 20.2 Å². The highest BCUT2D eigenvalue weighted by Crippen LogP contribution is 2.23. The van der Waals surface area contributed by atoms with Gasteiger partial charge in [-0.15, -0.1) is 0 Å². The zero-order chi connectivity index (χ0) is 30.5. The van der Waals surface area contributed by atoms with Crippen molar-refractivity contribution in [3.8, 4) is 17.1 Å². The molecule has 11 nitrogen and oxygen atoms in total. The quantitative estimate of drug-likeness (QED) is 0.323. The zero-order valence-electron chi connectivity index (χ0n) is 25.1. The molecule has 3 N–H and O–H groups in total. The summed E-state index contributed by atoms with van der Waals surface area (Å²) in [5.41, 5.74) is 2.14. The Labute approximate surface area is 251 Å². The first-order chi connectivity index (χ1) is 20.7. The number of rotatable bonds is 5. The summed E-state index contributed by atoms with van der Waals surface area (Å²) < 4.78 is 7.11. The van der Waals surface area contributed by atoms with Gasteiger partial charge in [-0.1, -0.05) is 44.2 Å². The topological polar surface area (TPSA) is 134 Å². The molecular weight excluding hydrogens is 546 g/mol. The normalized spacial score (nSPS) is 18.6. The minimum atomic E-state index is -0.677. The molecule has 0 spiro atoms. The van der Waals surface area contributed by atoms with E-state index in [0.717, 1.165) is 16.5 Å². The predicted molar refractivity (Wildman–Crippen MR) is 163 cm³/mol. The van der Waals surface area contributed by atoms with E-state index in [1.807, 2.05) is 75.4 Å². The Morgan fingerprint density at radius 2 is 1.84 bits per heavy atom. The maximum absolute atomic E-state index is 13.8. The summed E-state index contributed by atoms with van der Waals surface area (Å²) in [6.45, 7) is 6.93. The number of hydrogen-bond acceptors (Lipinski definition) is 6. The molecular formula is C32H39N7O4. The van der Waals surface area contributed by atoms with Gasteiger partial charge in [0.2, 0.25) is 11.8 Å². The Hall–Kier alpha value is -4.67. The van der Waals surface area contributed by atoms with Crippen molar-refractivity contribution in [2.24, 2.45) is 5.92 Å². The largest absolute Gasteiger partial charge is 0.497 e. The van der Waals surface area contributed by atoms with Gasteiger partial charge in [-0.3, -0.25) is 14.4 Å². The Morgan fingerprint density at radius 1 is 1.05 bits per heavy atom. The van der Waals surface area contributed by atoms with E-state index >= 15 is 0 Å². The molecule has 0 saturated carbocycles. The molecule has 2 atom stereocenters. The third-order valence-corrected chi connectivity index (χ3v) is 7.60. The van der Waals surface area contributed by atoms with Crippen molar-refractivity contribution < 1.29 is 19.1 Å². The fraction of sp³-hybridized carbons (Fsp3) is 0.406. The van der Waals surface area contributed by atoms with E-state index < -0.39 is 12.1 Å². The number of carbonyl (C=O) groups excluding carboxylic acids is 3. The van der Waals surface area contributed by atoms with Crippen molar-refractivity contribution in [3.63, 3.8) is 0 Å². The number of hydrogen-bond donors (Lipinski definition) is 3. The number of carbonyl (C=O) groups is 3. The number of ether oxygens (including phenoxy) is 1. The van der Waals surface area contributed by atoms with Crippen molar-refractivity contribution >= 4 is 28.6 Å². The first kappa shape index (κ1) is 29.8.